The zero-order chi connectivity index (χ0) is 23.1. The molecule has 3 aliphatic carbocycles. The Balaban J connectivity index is 1.51. The van der Waals surface area contributed by atoms with Crippen LogP contribution >= 0.6 is 11.9 Å². The van der Waals surface area contributed by atoms with Crippen LogP contribution in [0.15, 0.2) is 29.2 Å². The third-order valence-corrected chi connectivity index (χ3v) is 9.71. The summed E-state index contributed by atoms with van der Waals surface area (Å²) in [6.45, 7) is 4.24. The van der Waals surface area contributed by atoms with Gasteiger partial charge in [0.2, 0.25) is 11.8 Å². The van der Waals surface area contributed by atoms with Crippen LogP contribution in [0.4, 0.5) is 5.69 Å². The second kappa shape index (κ2) is 8.90. The van der Waals surface area contributed by atoms with Crippen LogP contribution in [0.25, 0.3) is 0 Å². The number of nitrogen functional groups attached to an aromatic ring is 1. The van der Waals surface area contributed by atoms with E-state index in [1.807, 2.05) is 38.2 Å². The van der Waals surface area contributed by atoms with Gasteiger partial charge in [-0.25, -0.2) is 4.31 Å². The van der Waals surface area contributed by atoms with E-state index in [4.69, 9.17) is 11.5 Å². The molecular formula is C25H38N4O2S. The average molecular weight is 459 g/mol. The van der Waals surface area contributed by atoms with Gasteiger partial charge in [-0.1, -0.05) is 32.4 Å². The summed E-state index contributed by atoms with van der Waals surface area (Å²) in [5.41, 5.74) is 11.7. The topological polar surface area (TPSA) is 101 Å². The first-order valence-corrected chi connectivity index (χ1v) is 12.8. The number of benzene rings is 1. The molecule has 4 rings (SSSR count). The number of primary amides is 1. The zero-order valence-electron chi connectivity index (χ0n) is 19.6. The fraction of sp³-hybridized carbons (Fsp3) is 0.680. The van der Waals surface area contributed by atoms with E-state index in [1.54, 1.807) is 11.9 Å². The summed E-state index contributed by atoms with van der Waals surface area (Å²) in [4.78, 5) is 26.9. The lowest BCUT2D eigenvalue weighted by molar-refractivity contribution is -0.138. The molecule has 0 aliphatic heterocycles. The van der Waals surface area contributed by atoms with Crippen LogP contribution in [-0.2, 0) is 9.59 Å². The summed E-state index contributed by atoms with van der Waals surface area (Å²) in [5, 5.41) is 3.50. The maximum absolute atomic E-state index is 13.8. The molecular weight excluding hydrogens is 420 g/mol. The van der Waals surface area contributed by atoms with E-state index in [1.165, 1.54) is 0 Å². The molecule has 1 aromatic rings. The van der Waals surface area contributed by atoms with Crippen molar-refractivity contribution in [2.75, 3.05) is 12.8 Å². The van der Waals surface area contributed by atoms with Crippen molar-refractivity contribution in [3.63, 3.8) is 0 Å². The number of likely N-dealkylation sites (N-methyl/N-ethyl adjacent to an activating group) is 1. The zero-order valence-corrected chi connectivity index (χ0v) is 20.4. The number of rotatable bonds is 7. The average Bonchev–Trinajstić information content (AvgIpc) is 2.70. The van der Waals surface area contributed by atoms with Gasteiger partial charge in [0.05, 0.1) is 0 Å². The number of hydrogen-bond acceptors (Lipinski definition) is 5. The van der Waals surface area contributed by atoms with Crippen LogP contribution in [0.5, 0.6) is 0 Å². The Labute approximate surface area is 196 Å². The largest absolute Gasteiger partial charge is 0.398 e. The lowest BCUT2D eigenvalue weighted by Gasteiger charge is -2.52. The van der Waals surface area contributed by atoms with E-state index in [0.717, 1.165) is 61.9 Å². The molecule has 3 fully saturated rings. The highest BCUT2D eigenvalue weighted by atomic mass is 32.2. The molecule has 176 valence electrons. The fourth-order valence-corrected chi connectivity index (χ4v) is 7.49. The van der Waals surface area contributed by atoms with Gasteiger partial charge in [0, 0.05) is 22.0 Å². The molecule has 0 spiro atoms. The van der Waals surface area contributed by atoms with Crippen molar-refractivity contribution in [2.24, 2.45) is 28.9 Å². The third kappa shape index (κ3) is 4.14. The molecule has 6 nitrogen and oxygen atoms in total. The molecule has 3 saturated carbocycles. The van der Waals surface area contributed by atoms with Gasteiger partial charge in [-0.2, -0.15) is 0 Å². The summed E-state index contributed by atoms with van der Waals surface area (Å²) in [6, 6.07) is 7.91. The summed E-state index contributed by atoms with van der Waals surface area (Å²) in [5.74, 6) is 1.23. The number of nitrogens with two attached hydrogens (primary N) is 2. The van der Waals surface area contributed by atoms with Gasteiger partial charge in [0.25, 0.3) is 0 Å². The molecule has 1 aromatic carbocycles. The highest BCUT2D eigenvalue weighted by molar-refractivity contribution is 7.97. The molecule has 5 atom stereocenters. The lowest BCUT2D eigenvalue weighted by atomic mass is 9.56. The Hall–Kier alpha value is -1.73. The summed E-state index contributed by atoms with van der Waals surface area (Å²) >= 11 is 1.56. The van der Waals surface area contributed by atoms with Crippen LogP contribution in [0.3, 0.4) is 0 Å². The van der Waals surface area contributed by atoms with E-state index in [-0.39, 0.29) is 17.9 Å². The van der Waals surface area contributed by atoms with Gasteiger partial charge >= 0.3 is 0 Å². The van der Waals surface area contributed by atoms with Gasteiger partial charge < -0.3 is 16.8 Å². The van der Waals surface area contributed by atoms with E-state index in [2.05, 4.69) is 16.5 Å². The standard InChI is InChI=1S/C25H38N4O2S/c1-4-17-12-16-13-18(15-24(2,14-16)22(27)30)21(17)28-23(31)25(10-7-11-25)29(3)32-20-9-6-5-8-19(20)26/h5-6,8-9,16-18,21H,4,7,10-15,26H2,1-3H3,(H2,27,30)(H,28,31). The van der Waals surface area contributed by atoms with Crippen molar-refractivity contribution in [1.82, 2.24) is 9.62 Å². The van der Waals surface area contributed by atoms with E-state index >= 15 is 0 Å². The summed E-state index contributed by atoms with van der Waals surface area (Å²) in [6.07, 6.45) is 7.62. The molecule has 2 amide bonds. The van der Waals surface area contributed by atoms with Gasteiger partial charge in [-0.05, 0) is 93.8 Å². The summed E-state index contributed by atoms with van der Waals surface area (Å²) < 4.78 is 2.11. The van der Waals surface area contributed by atoms with Gasteiger partial charge in [-0.3, -0.25) is 9.59 Å². The number of fused-ring (bicyclic) bond motifs is 2. The maximum Gasteiger partial charge on any atom is 0.241 e. The number of carbonyl (C=O) groups excluding carboxylic acids is 2. The van der Waals surface area contributed by atoms with Crippen LogP contribution < -0.4 is 16.8 Å². The molecule has 5 N–H and O–H groups in total. The predicted molar refractivity (Wildman–Crippen MR) is 130 cm³/mol. The lowest BCUT2D eigenvalue weighted by Crippen LogP contribution is -2.64. The van der Waals surface area contributed by atoms with Gasteiger partial charge in [-0.15, -0.1) is 0 Å². The molecule has 0 heterocycles. The number of anilines is 1. The first-order chi connectivity index (χ1) is 15.2. The molecule has 0 radical (unpaired) electrons. The Morgan fingerprint density at radius 3 is 2.53 bits per heavy atom. The molecule has 0 saturated heterocycles. The van der Waals surface area contributed by atoms with Crippen molar-refractivity contribution >= 4 is 29.4 Å². The Kier molecular flexibility index (Phi) is 6.52. The first-order valence-electron chi connectivity index (χ1n) is 12.1. The van der Waals surface area contributed by atoms with Crippen molar-refractivity contribution in [3.05, 3.63) is 24.3 Å². The number of nitrogens with one attached hydrogen (secondary N) is 1. The number of para-hydroxylation sites is 1. The van der Waals surface area contributed by atoms with E-state index in [9.17, 15) is 9.59 Å². The van der Waals surface area contributed by atoms with Crippen LogP contribution in [0.2, 0.25) is 0 Å². The quantitative estimate of drug-likeness (QED) is 0.424. The minimum atomic E-state index is -0.510. The first kappa shape index (κ1) is 23.4. The van der Waals surface area contributed by atoms with E-state index < -0.39 is 11.0 Å². The monoisotopic (exact) mass is 458 g/mol. The van der Waals surface area contributed by atoms with E-state index in [0.29, 0.717) is 17.8 Å². The van der Waals surface area contributed by atoms with Gasteiger partial charge in [0.1, 0.15) is 5.54 Å². The van der Waals surface area contributed by atoms with Crippen molar-refractivity contribution in [3.8, 4) is 0 Å². The number of hydrogen-bond donors (Lipinski definition) is 3. The Morgan fingerprint density at radius 1 is 1.22 bits per heavy atom. The number of carbonyl (C=O) groups is 2. The molecule has 5 unspecified atom stereocenters. The number of amides is 2. The Morgan fingerprint density at radius 2 is 1.94 bits per heavy atom. The minimum Gasteiger partial charge on any atom is -0.398 e. The van der Waals surface area contributed by atoms with Gasteiger partial charge in [0.15, 0.2) is 0 Å². The molecule has 3 aliphatic rings. The molecule has 2 bridgehead atoms. The van der Waals surface area contributed by atoms with Crippen LogP contribution in [-0.4, -0.2) is 34.7 Å². The SMILES string of the molecule is CCC1CC2CC(CC(C)(C(N)=O)C2)C1NC(=O)C1(N(C)Sc2ccccc2N)CCC1. The minimum absolute atomic E-state index is 0.111. The third-order valence-electron chi connectivity index (χ3n) is 8.52. The smallest absolute Gasteiger partial charge is 0.241 e. The van der Waals surface area contributed by atoms with Crippen molar-refractivity contribution in [1.29, 1.82) is 0 Å². The van der Waals surface area contributed by atoms with Crippen LogP contribution in [0.1, 0.15) is 65.2 Å². The second-order valence-corrected chi connectivity index (χ2v) is 11.8. The normalized spacial score (nSPS) is 33.4. The Bertz CT molecular complexity index is 873. The molecule has 32 heavy (non-hydrogen) atoms. The predicted octanol–water partition coefficient (Wildman–Crippen LogP) is 3.95. The molecule has 0 aromatic heterocycles. The highest BCUT2D eigenvalue weighted by Crippen LogP contribution is 2.51. The van der Waals surface area contributed by atoms with Crippen LogP contribution in [0, 0.1) is 23.2 Å². The second-order valence-electron chi connectivity index (χ2n) is 10.6. The maximum atomic E-state index is 13.8. The van der Waals surface area contributed by atoms with Crippen molar-refractivity contribution < 1.29 is 9.59 Å². The van der Waals surface area contributed by atoms with Crippen molar-refractivity contribution in [2.45, 2.75) is 81.7 Å². The fourth-order valence-electron chi connectivity index (χ4n) is 6.45. The number of nitrogens with zero attached hydrogens (tertiary/aromatic N) is 1. The molecule has 7 heteroatoms. The highest BCUT2D eigenvalue weighted by Gasteiger charge is 2.52. The summed E-state index contributed by atoms with van der Waals surface area (Å²) in [7, 11) is 2.01.